The molecule has 0 amide bonds. The minimum Gasteiger partial charge on any atom is -0.237 e. The molecule has 2 nitrogen and oxygen atoms in total. The second-order valence-electron chi connectivity index (χ2n) is 3.37. The van der Waals surface area contributed by atoms with Crippen molar-refractivity contribution in [1.82, 2.24) is 9.97 Å². The third-order valence-corrected chi connectivity index (χ3v) is 3.11. The van der Waals surface area contributed by atoms with Gasteiger partial charge in [-0.15, -0.1) is 0 Å². The second kappa shape index (κ2) is 5.66. The maximum absolute atomic E-state index is 4.55. The Balaban J connectivity index is 2.22. The smallest absolute Gasteiger partial charge is 0.159 e. The maximum atomic E-state index is 4.55. The summed E-state index contributed by atoms with van der Waals surface area (Å²) in [6, 6.07) is 12.1. The van der Waals surface area contributed by atoms with Gasteiger partial charge in [0.15, 0.2) is 5.82 Å². The van der Waals surface area contributed by atoms with Gasteiger partial charge in [0.05, 0.1) is 5.69 Å². The molecule has 0 aliphatic rings. The minimum absolute atomic E-state index is 0.815. The lowest BCUT2D eigenvalue weighted by molar-refractivity contribution is 1.10. The summed E-state index contributed by atoms with van der Waals surface area (Å²) in [5.41, 5.74) is 2.17. The predicted molar refractivity (Wildman–Crippen MR) is 69.3 cm³/mol. The van der Waals surface area contributed by atoms with Gasteiger partial charge in [-0.2, -0.15) is 11.8 Å². The van der Waals surface area contributed by atoms with Crippen LogP contribution in [0.1, 0.15) is 12.6 Å². The van der Waals surface area contributed by atoms with E-state index in [0.29, 0.717) is 0 Å². The first kappa shape index (κ1) is 11.1. The van der Waals surface area contributed by atoms with Crippen LogP contribution in [0.3, 0.4) is 0 Å². The normalized spacial score (nSPS) is 10.3. The topological polar surface area (TPSA) is 25.8 Å². The van der Waals surface area contributed by atoms with Gasteiger partial charge in [-0.3, -0.25) is 0 Å². The number of aromatic nitrogens is 2. The summed E-state index contributed by atoms with van der Waals surface area (Å²) in [5.74, 6) is 2.89. The lowest BCUT2D eigenvalue weighted by atomic mass is 10.2. The zero-order valence-electron chi connectivity index (χ0n) is 9.26. The van der Waals surface area contributed by atoms with Gasteiger partial charge in [-0.25, -0.2) is 9.97 Å². The first-order valence-corrected chi connectivity index (χ1v) is 6.50. The fourth-order valence-corrected chi connectivity index (χ4v) is 1.98. The van der Waals surface area contributed by atoms with E-state index in [2.05, 4.69) is 16.9 Å². The van der Waals surface area contributed by atoms with Crippen molar-refractivity contribution in [2.45, 2.75) is 12.7 Å². The van der Waals surface area contributed by atoms with Crippen molar-refractivity contribution in [2.75, 3.05) is 5.75 Å². The maximum Gasteiger partial charge on any atom is 0.159 e. The zero-order valence-corrected chi connectivity index (χ0v) is 10.1. The molecule has 0 aliphatic carbocycles. The highest BCUT2D eigenvalue weighted by molar-refractivity contribution is 7.98. The quantitative estimate of drug-likeness (QED) is 0.805. The van der Waals surface area contributed by atoms with Gasteiger partial charge in [-0.1, -0.05) is 37.3 Å². The van der Waals surface area contributed by atoms with E-state index in [-0.39, 0.29) is 0 Å². The van der Waals surface area contributed by atoms with E-state index in [1.54, 1.807) is 0 Å². The van der Waals surface area contributed by atoms with Gasteiger partial charge in [0.2, 0.25) is 0 Å². The summed E-state index contributed by atoms with van der Waals surface area (Å²) in [6.07, 6.45) is 1.83. The van der Waals surface area contributed by atoms with Gasteiger partial charge in [0.1, 0.15) is 0 Å². The van der Waals surface area contributed by atoms with Crippen LogP contribution >= 0.6 is 11.8 Å². The van der Waals surface area contributed by atoms with E-state index < -0.39 is 0 Å². The molecule has 0 radical (unpaired) electrons. The molecule has 2 aromatic rings. The Kier molecular flexibility index (Phi) is 3.94. The summed E-state index contributed by atoms with van der Waals surface area (Å²) in [7, 11) is 0. The Morgan fingerprint density at radius 2 is 1.94 bits per heavy atom. The van der Waals surface area contributed by atoms with Crippen LogP contribution in [0.25, 0.3) is 11.4 Å². The van der Waals surface area contributed by atoms with Crippen molar-refractivity contribution in [3.05, 3.63) is 48.3 Å². The van der Waals surface area contributed by atoms with Gasteiger partial charge in [0.25, 0.3) is 0 Å². The van der Waals surface area contributed by atoms with Crippen LogP contribution in [0.5, 0.6) is 0 Å². The fourth-order valence-electron chi connectivity index (χ4n) is 1.41. The number of thioether (sulfide) groups is 1. The molecule has 0 N–H and O–H groups in total. The summed E-state index contributed by atoms with van der Waals surface area (Å²) in [5, 5.41) is 0. The third-order valence-electron chi connectivity index (χ3n) is 2.20. The SMILES string of the molecule is CCSCc1ccnc(-c2ccccc2)n1. The molecular formula is C13H14N2S. The average Bonchev–Trinajstić information content (AvgIpc) is 2.38. The Morgan fingerprint density at radius 3 is 2.69 bits per heavy atom. The van der Waals surface area contributed by atoms with Crippen LogP contribution in [-0.2, 0) is 5.75 Å². The minimum atomic E-state index is 0.815. The molecule has 1 heterocycles. The number of benzene rings is 1. The predicted octanol–water partition coefficient (Wildman–Crippen LogP) is 3.40. The van der Waals surface area contributed by atoms with Gasteiger partial charge in [0, 0.05) is 17.5 Å². The molecule has 1 aromatic heterocycles. The van der Waals surface area contributed by atoms with E-state index >= 15 is 0 Å². The summed E-state index contributed by atoms with van der Waals surface area (Å²) >= 11 is 1.87. The summed E-state index contributed by atoms with van der Waals surface area (Å²) in [6.45, 7) is 2.16. The molecule has 0 saturated carbocycles. The lowest BCUT2D eigenvalue weighted by Crippen LogP contribution is -1.93. The highest BCUT2D eigenvalue weighted by atomic mass is 32.2. The highest BCUT2D eigenvalue weighted by Gasteiger charge is 2.01. The van der Waals surface area contributed by atoms with Gasteiger partial charge >= 0.3 is 0 Å². The third kappa shape index (κ3) is 2.83. The molecule has 16 heavy (non-hydrogen) atoms. The van der Waals surface area contributed by atoms with Crippen LogP contribution in [0.15, 0.2) is 42.6 Å². The number of hydrogen-bond donors (Lipinski definition) is 0. The van der Waals surface area contributed by atoms with Crippen LogP contribution in [-0.4, -0.2) is 15.7 Å². The molecule has 0 unspecified atom stereocenters. The average molecular weight is 230 g/mol. The molecule has 1 aromatic carbocycles. The van der Waals surface area contributed by atoms with Crippen molar-refractivity contribution in [3.8, 4) is 11.4 Å². The monoisotopic (exact) mass is 230 g/mol. The van der Waals surface area contributed by atoms with Crippen LogP contribution in [0.4, 0.5) is 0 Å². The fraction of sp³-hybridized carbons (Fsp3) is 0.231. The number of rotatable bonds is 4. The first-order chi connectivity index (χ1) is 7.90. The van der Waals surface area contributed by atoms with Crippen LogP contribution in [0, 0.1) is 0 Å². The van der Waals surface area contributed by atoms with E-state index in [1.165, 1.54) is 0 Å². The molecule has 0 spiro atoms. The van der Waals surface area contributed by atoms with Crippen molar-refractivity contribution >= 4 is 11.8 Å². The Morgan fingerprint density at radius 1 is 1.12 bits per heavy atom. The van der Waals surface area contributed by atoms with E-state index in [1.807, 2.05) is 54.4 Å². The Hall–Kier alpha value is -1.35. The van der Waals surface area contributed by atoms with Crippen molar-refractivity contribution in [3.63, 3.8) is 0 Å². The molecule has 0 fully saturated rings. The summed E-state index contributed by atoms with van der Waals surface area (Å²) < 4.78 is 0. The molecule has 3 heteroatoms. The second-order valence-corrected chi connectivity index (χ2v) is 4.65. The molecule has 0 saturated heterocycles. The van der Waals surface area contributed by atoms with Gasteiger partial charge in [-0.05, 0) is 11.8 Å². The van der Waals surface area contributed by atoms with Crippen molar-refractivity contribution in [1.29, 1.82) is 0 Å². The molecule has 82 valence electrons. The van der Waals surface area contributed by atoms with E-state index in [0.717, 1.165) is 28.6 Å². The van der Waals surface area contributed by atoms with Crippen molar-refractivity contribution in [2.24, 2.45) is 0 Å². The number of nitrogens with zero attached hydrogens (tertiary/aromatic N) is 2. The molecule has 0 bridgehead atoms. The molecular weight excluding hydrogens is 216 g/mol. The standard InChI is InChI=1S/C13H14N2S/c1-2-16-10-12-8-9-14-13(15-12)11-6-4-3-5-7-11/h3-9H,2,10H2,1H3. The Labute approximate surface area is 100 Å². The van der Waals surface area contributed by atoms with Crippen LogP contribution < -0.4 is 0 Å². The lowest BCUT2D eigenvalue weighted by Gasteiger charge is -2.02. The largest absolute Gasteiger partial charge is 0.237 e. The van der Waals surface area contributed by atoms with Crippen molar-refractivity contribution < 1.29 is 0 Å². The number of hydrogen-bond acceptors (Lipinski definition) is 3. The molecule has 2 rings (SSSR count). The zero-order chi connectivity index (χ0) is 11.2. The van der Waals surface area contributed by atoms with E-state index in [9.17, 15) is 0 Å². The Bertz CT molecular complexity index is 443. The molecule has 0 aliphatic heterocycles. The first-order valence-electron chi connectivity index (χ1n) is 5.35. The van der Waals surface area contributed by atoms with E-state index in [4.69, 9.17) is 0 Å². The summed E-state index contributed by atoms with van der Waals surface area (Å²) in [4.78, 5) is 8.85. The van der Waals surface area contributed by atoms with Gasteiger partial charge < -0.3 is 0 Å². The highest BCUT2D eigenvalue weighted by Crippen LogP contribution is 2.15. The van der Waals surface area contributed by atoms with Crippen LogP contribution in [0.2, 0.25) is 0 Å². The molecule has 0 atom stereocenters.